The van der Waals surface area contributed by atoms with Crippen molar-refractivity contribution < 1.29 is 13.2 Å². The molecule has 1 aliphatic heterocycles. The Morgan fingerprint density at radius 2 is 1.73 bits per heavy atom. The number of rotatable bonds is 6. The Hall–Kier alpha value is -2.83. The van der Waals surface area contributed by atoms with Gasteiger partial charge in [-0.3, -0.25) is 9.52 Å². The lowest BCUT2D eigenvalue weighted by Gasteiger charge is -2.32. The third-order valence-corrected chi connectivity index (χ3v) is 7.87. The van der Waals surface area contributed by atoms with Crippen LogP contribution in [0.15, 0.2) is 77.7 Å². The first-order chi connectivity index (χ1) is 15.8. The van der Waals surface area contributed by atoms with Crippen molar-refractivity contribution in [2.24, 2.45) is 5.92 Å². The normalized spacial score (nSPS) is 14.8. The average Bonchev–Trinajstić information content (AvgIpc) is 2.80. The van der Waals surface area contributed by atoms with Crippen molar-refractivity contribution in [1.29, 1.82) is 0 Å². The van der Waals surface area contributed by atoms with Crippen LogP contribution < -0.4 is 4.72 Å². The quantitative estimate of drug-likeness (QED) is 0.501. The molecular formula is C26H27ClN2O3S. The number of piperidine rings is 1. The van der Waals surface area contributed by atoms with Crippen LogP contribution in [-0.2, 0) is 16.4 Å². The minimum absolute atomic E-state index is 0.0771. The van der Waals surface area contributed by atoms with Crippen molar-refractivity contribution in [3.8, 4) is 0 Å². The summed E-state index contributed by atoms with van der Waals surface area (Å²) in [6, 6.07) is 21.9. The van der Waals surface area contributed by atoms with Gasteiger partial charge in [-0.1, -0.05) is 54.1 Å². The van der Waals surface area contributed by atoms with E-state index in [2.05, 4.69) is 16.9 Å². The molecule has 3 aromatic carbocycles. The molecule has 0 radical (unpaired) electrons. The molecule has 1 heterocycles. The average molecular weight is 483 g/mol. The minimum Gasteiger partial charge on any atom is -0.339 e. The Balaban J connectivity index is 1.45. The third kappa shape index (κ3) is 5.75. The molecule has 1 fully saturated rings. The molecule has 5 nitrogen and oxygen atoms in total. The van der Waals surface area contributed by atoms with Gasteiger partial charge in [-0.25, -0.2) is 8.42 Å². The molecular weight excluding hydrogens is 456 g/mol. The Labute approximate surface area is 200 Å². The molecule has 0 aliphatic carbocycles. The largest absolute Gasteiger partial charge is 0.339 e. The molecule has 172 valence electrons. The second kappa shape index (κ2) is 9.98. The van der Waals surface area contributed by atoms with Crippen LogP contribution in [0.5, 0.6) is 0 Å². The number of hydrogen-bond acceptors (Lipinski definition) is 3. The van der Waals surface area contributed by atoms with E-state index in [0.717, 1.165) is 24.8 Å². The highest BCUT2D eigenvalue weighted by molar-refractivity contribution is 7.92. The molecule has 0 bridgehead atoms. The van der Waals surface area contributed by atoms with Gasteiger partial charge >= 0.3 is 0 Å². The highest BCUT2D eigenvalue weighted by Gasteiger charge is 2.26. The van der Waals surface area contributed by atoms with Crippen LogP contribution in [0.4, 0.5) is 5.69 Å². The fourth-order valence-electron chi connectivity index (χ4n) is 4.23. The van der Waals surface area contributed by atoms with E-state index in [1.54, 1.807) is 29.2 Å². The van der Waals surface area contributed by atoms with E-state index in [9.17, 15) is 13.2 Å². The fraction of sp³-hybridized carbons (Fsp3) is 0.269. The third-order valence-electron chi connectivity index (χ3n) is 6.01. The maximum atomic E-state index is 13.1. The number of carbonyl (C=O) groups is 1. The van der Waals surface area contributed by atoms with Gasteiger partial charge < -0.3 is 4.90 Å². The van der Waals surface area contributed by atoms with Crippen LogP contribution in [0.3, 0.4) is 0 Å². The van der Waals surface area contributed by atoms with E-state index >= 15 is 0 Å². The first-order valence-electron chi connectivity index (χ1n) is 11.0. The van der Waals surface area contributed by atoms with Crippen LogP contribution >= 0.6 is 11.6 Å². The maximum Gasteiger partial charge on any atom is 0.263 e. The Kier molecular flexibility index (Phi) is 7.05. The van der Waals surface area contributed by atoms with Gasteiger partial charge in [0.05, 0.1) is 5.02 Å². The summed E-state index contributed by atoms with van der Waals surface area (Å²) in [5, 5.41) is 0.0771. The smallest absolute Gasteiger partial charge is 0.263 e. The molecule has 1 N–H and O–H groups in total. The number of sulfonamides is 1. The highest BCUT2D eigenvalue weighted by Crippen LogP contribution is 2.27. The monoisotopic (exact) mass is 482 g/mol. The van der Waals surface area contributed by atoms with Crippen molar-refractivity contribution in [2.75, 3.05) is 17.8 Å². The predicted molar refractivity (Wildman–Crippen MR) is 132 cm³/mol. The Morgan fingerprint density at radius 1 is 1.00 bits per heavy atom. The molecule has 0 unspecified atom stereocenters. The summed E-state index contributed by atoms with van der Waals surface area (Å²) in [5.41, 5.74) is 3.02. The van der Waals surface area contributed by atoms with E-state index in [1.807, 2.05) is 31.2 Å². The van der Waals surface area contributed by atoms with Crippen LogP contribution in [0.25, 0.3) is 0 Å². The number of amides is 1. The number of carbonyl (C=O) groups excluding carboxylic acids is 1. The van der Waals surface area contributed by atoms with E-state index in [1.165, 1.54) is 17.7 Å². The lowest BCUT2D eigenvalue weighted by Crippen LogP contribution is -2.39. The second-order valence-electron chi connectivity index (χ2n) is 8.55. The van der Waals surface area contributed by atoms with Crippen molar-refractivity contribution in [3.05, 3.63) is 94.5 Å². The minimum atomic E-state index is -3.94. The lowest BCUT2D eigenvalue weighted by atomic mass is 9.90. The van der Waals surface area contributed by atoms with Gasteiger partial charge in [0, 0.05) is 24.3 Å². The number of likely N-dealkylation sites (tertiary alicyclic amines) is 1. The van der Waals surface area contributed by atoms with E-state index in [0.29, 0.717) is 30.3 Å². The predicted octanol–water partition coefficient (Wildman–Crippen LogP) is 5.54. The standard InChI is InChI=1S/C26H27ClN2O3S/c1-19-6-5-9-23(16-19)28-33(31,32)25-18-22(10-11-24(25)27)26(30)29-14-12-21(13-15-29)17-20-7-3-2-4-8-20/h2-11,16,18,21,28H,12-15,17H2,1H3. The summed E-state index contributed by atoms with van der Waals surface area (Å²) in [6.07, 6.45) is 2.86. The molecule has 1 saturated heterocycles. The van der Waals surface area contributed by atoms with Crippen molar-refractivity contribution in [2.45, 2.75) is 31.1 Å². The summed E-state index contributed by atoms with van der Waals surface area (Å²) in [5.74, 6) is 0.368. The maximum absolute atomic E-state index is 13.1. The summed E-state index contributed by atoms with van der Waals surface area (Å²) >= 11 is 6.22. The van der Waals surface area contributed by atoms with Gasteiger partial charge in [-0.2, -0.15) is 0 Å². The molecule has 0 atom stereocenters. The van der Waals surface area contributed by atoms with Gasteiger partial charge in [0.15, 0.2) is 0 Å². The van der Waals surface area contributed by atoms with Crippen LogP contribution in [0.2, 0.25) is 5.02 Å². The number of aryl methyl sites for hydroxylation is 1. The van der Waals surface area contributed by atoms with Crippen LogP contribution in [0, 0.1) is 12.8 Å². The zero-order chi connectivity index (χ0) is 23.4. The number of nitrogens with zero attached hydrogens (tertiary/aromatic N) is 1. The number of hydrogen-bond donors (Lipinski definition) is 1. The molecule has 0 aromatic heterocycles. The molecule has 1 amide bonds. The Morgan fingerprint density at radius 3 is 2.42 bits per heavy atom. The Bertz CT molecular complexity index is 1240. The molecule has 4 rings (SSSR count). The molecule has 7 heteroatoms. The van der Waals surface area contributed by atoms with Crippen LogP contribution in [0.1, 0.15) is 34.3 Å². The summed E-state index contributed by atoms with van der Waals surface area (Å²) in [6.45, 7) is 3.19. The molecule has 3 aromatic rings. The zero-order valence-electron chi connectivity index (χ0n) is 18.5. The van der Waals surface area contributed by atoms with Crippen molar-refractivity contribution in [3.63, 3.8) is 0 Å². The van der Waals surface area contributed by atoms with Gasteiger partial charge in [0.1, 0.15) is 4.90 Å². The molecule has 1 aliphatic rings. The SMILES string of the molecule is Cc1cccc(NS(=O)(=O)c2cc(C(=O)N3CCC(Cc4ccccc4)CC3)ccc2Cl)c1. The van der Waals surface area contributed by atoms with Gasteiger partial charge in [-0.05, 0) is 73.6 Å². The molecule has 0 spiro atoms. The number of halogens is 1. The van der Waals surface area contributed by atoms with Gasteiger partial charge in [-0.15, -0.1) is 0 Å². The van der Waals surface area contributed by atoms with Crippen molar-refractivity contribution in [1.82, 2.24) is 4.90 Å². The lowest BCUT2D eigenvalue weighted by molar-refractivity contribution is 0.0690. The fourth-order valence-corrected chi connectivity index (χ4v) is 5.81. The summed E-state index contributed by atoms with van der Waals surface area (Å²) < 4.78 is 28.5. The second-order valence-corrected chi connectivity index (χ2v) is 10.6. The van der Waals surface area contributed by atoms with Gasteiger partial charge in [0.25, 0.3) is 15.9 Å². The topological polar surface area (TPSA) is 66.5 Å². The first-order valence-corrected chi connectivity index (χ1v) is 12.9. The van der Waals surface area contributed by atoms with Gasteiger partial charge in [0.2, 0.25) is 0 Å². The molecule has 33 heavy (non-hydrogen) atoms. The highest BCUT2D eigenvalue weighted by atomic mass is 35.5. The number of nitrogens with one attached hydrogen (secondary N) is 1. The van der Waals surface area contributed by atoms with Crippen LogP contribution in [-0.4, -0.2) is 32.3 Å². The number of benzene rings is 3. The summed E-state index contributed by atoms with van der Waals surface area (Å²) in [4.78, 5) is 14.8. The summed E-state index contributed by atoms with van der Waals surface area (Å²) in [7, 11) is -3.94. The first kappa shape index (κ1) is 23.3. The van der Waals surface area contributed by atoms with E-state index in [4.69, 9.17) is 11.6 Å². The van der Waals surface area contributed by atoms with E-state index < -0.39 is 10.0 Å². The van der Waals surface area contributed by atoms with Crippen molar-refractivity contribution >= 4 is 33.2 Å². The van der Waals surface area contributed by atoms with E-state index in [-0.39, 0.29) is 15.8 Å². The number of anilines is 1. The molecule has 0 saturated carbocycles. The zero-order valence-corrected chi connectivity index (χ0v) is 20.1.